The van der Waals surface area contributed by atoms with Gasteiger partial charge in [0.15, 0.2) is 11.5 Å². The number of hydrogen-bond donors (Lipinski definition) is 2. The van der Waals surface area contributed by atoms with Gasteiger partial charge in [-0.3, -0.25) is 14.9 Å². The Morgan fingerprint density at radius 3 is 2.40 bits per heavy atom. The lowest BCUT2D eigenvalue weighted by Crippen LogP contribution is -2.56. The minimum Gasteiger partial charge on any atom is -0.493 e. The number of methoxy groups -OCH3 is 2. The Bertz CT molecular complexity index is 542. The second-order valence-corrected chi connectivity index (χ2v) is 4.31. The molecule has 2 rings (SSSR count). The summed E-state index contributed by atoms with van der Waals surface area (Å²) in [6.45, 7) is 1.32. The molecular formula is C12H15N3O5. The number of amides is 1. The Labute approximate surface area is 115 Å². The van der Waals surface area contributed by atoms with Crippen molar-refractivity contribution < 1.29 is 19.2 Å². The molecule has 1 heterocycles. The minimum absolute atomic E-state index is 0.00444. The second-order valence-electron chi connectivity index (χ2n) is 4.31. The lowest BCUT2D eigenvalue weighted by molar-refractivity contribution is -0.385. The van der Waals surface area contributed by atoms with Crippen molar-refractivity contribution in [2.24, 2.45) is 0 Å². The van der Waals surface area contributed by atoms with E-state index in [0.717, 1.165) is 0 Å². The summed E-state index contributed by atoms with van der Waals surface area (Å²) in [5.41, 5.74) is -0.355. The number of benzene rings is 1. The van der Waals surface area contributed by atoms with E-state index in [1.807, 2.05) is 0 Å². The standard InChI is InChI=1S/C12H15N3O5/c1-19-10-3-8(12(16)14-7-5-13-6-7)9(15(17)18)4-11(10)20-2/h3-4,7,13H,5-6H2,1-2H3,(H,14,16). The molecule has 0 atom stereocenters. The third kappa shape index (κ3) is 2.64. The molecule has 8 heteroatoms. The molecule has 0 aromatic heterocycles. The molecule has 1 saturated heterocycles. The summed E-state index contributed by atoms with van der Waals surface area (Å²) in [5, 5.41) is 16.8. The summed E-state index contributed by atoms with van der Waals surface area (Å²) in [5.74, 6) is -0.0137. The number of rotatable bonds is 5. The Morgan fingerprint density at radius 2 is 1.95 bits per heavy atom. The number of nitrogens with zero attached hydrogens (tertiary/aromatic N) is 1. The van der Waals surface area contributed by atoms with E-state index in [9.17, 15) is 14.9 Å². The first kappa shape index (κ1) is 14.1. The molecule has 0 radical (unpaired) electrons. The Hall–Kier alpha value is -2.35. The molecule has 2 N–H and O–H groups in total. The molecule has 20 heavy (non-hydrogen) atoms. The fourth-order valence-electron chi connectivity index (χ4n) is 1.86. The number of carbonyl (C=O) groups is 1. The van der Waals surface area contributed by atoms with Gasteiger partial charge in [-0.25, -0.2) is 0 Å². The van der Waals surface area contributed by atoms with Crippen LogP contribution in [0.4, 0.5) is 5.69 Å². The summed E-state index contributed by atoms with van der Waals surface area (Å²) in [4.78, 5) is 22.6. The predicted molar refractivity (Wildman–Crippen MR) is 70.3 cm³/mol. The zero-order valence-corrected chi connectivity index (χ0v) is 11.1. The minimum atomic E-state index is -0.615. The van der Waals surface area contributed by atoms with Crippen molar-refractivity contribution in [1.29, 1.82) is 0 Å². The van der Waals surface area contributed by atoms with Gasteiger partial charge in [0.05, 0.1) is 31.3 Å². The lowest BCUT2D eigenvalue weighted by Gasteiger charge is -2.27. The Morgan fingerprint density at radius 1 is 1.35 bits per heavy atom. The van der Waals surface area contributed by atoms with Crippen LogP contribution in [0.15, 0.2) is 12.1 Å². The number of carbonyl (C=O) groups excluding carboxylic acids is 1. The van der Waals surface area contributed by atoms with E-state index in [1.165, 1.54) is 26.4 Å². The molecular weight excluding hydrogens is 266 g/mol. The number of nitro benzene ring substituents is 1. The van der Waals surface area contributed by atoms with Crippen molar-refractivity contribution >= 4 is 11.6 Å². The molecule has 1 aromatic rings. The van der Waals surface area contributed by atoms with Crippen LogP contribution in [0.1, 0.15) is 10.4 Å². The maximum Gasteiger partial charge on any atom is 0.286 e. The summed E-state index contributed by atoms with van der Waals surface area (Å²) < 4.78 is 10.1. The molecule has 1 aliphatic rings. The molecule has 0 spiro atoms. The summed E-state index contributed by atoms with van der Waals surface area (Å²) in [6.07, 6.45) is 0. The van der Waals surface area contributed by atoms with Crippen LogP contribution < -0.4 is 20.1 Å². The van der Waals surface area contributed by atoms with Crippen molar-refractivity contribution in [1.82, 2.24) is 10.6 Å². The molecule has 1 aromatic carbocycles. The monoisotopic (exact) mass is 281 g/mol. The SMILES string of the molecule is COc1cc(C(=O)NC2CNC2)c([N+](=O)[O-])cc1OC. The van der Waals surface area contributed by atoms with E-state index in [2.05, 4.69) is 10.6 Å². The third-order valence-electron chi connectivity index (χ3n) is 3.06. The zero-order valence-electron chi connectivity index (χ0n) is 11.1. The van der Waals surface area contributed by atoms with Gasteiger partial charge in [-0.05, 0) is 0 Å². The molecule has 0 unspecified atom stereocenters. The predicted octanol–water partition coefficient (Wildman–Crippen LogP) is 0.314. The fraction of sp³-hybridized carbons (Fsp3) is 0.417. The van der Waals surface area contributed by atoms with Crippen molar-refractivity contribution in [2.75, 3.05) is 27.3 Å². The van der Waals surface area contributed by atoms with Gasteiger partial charge in [-0.2, -0.15) is 0 Å². The zero-order chi connectivity index (χ0) is 14.7. The molecule has 1 fully saturated rings. The summed E-state index contributed by atoms with van der Waals surface area (Å²) >= 11 is 0. The summed E-state index contributed by atoms with van der Waals surface area (Å²) in [7, 11) is 2.78. The number of hydrogen-bond acceptors (Lipinski definition) is 6. The van der Waals surface area contributed by atoms with Crippen LogP contribution in [-0.2, 0) is 0 Å². The highest BCUT2D eigenvalue weighted by Gasteiger charge is 2.27. The van der Waals surface area contributed by atoms with Crippen LogP contribution in [0.25, 0.3) is 0 Å². The largest absolute Gasteiger partial charge is 0.493 e. The van der Waals surface area contributed by atoms with Gasteiger partial charge in [0.2, 0.25) is 0 Å². The van der Waals surface area contributed by atoms with E-state index in [0.29, 0.717) is 13.1 Å². The van der Waals surface area contributed by atoms with Crippen LogP contribution in [0, 0.1) is 10.1 Å². The summed E-state index contributed by atoms with van der Waals surface area (Å²) in [6, 6.07) is 2.50. The lowest BCUT2D eigenvalue weighted by atomic mass is 10.1. The average molecular weight is 281 g/mol. The highest BCUT2D eigenvalue weighted by atomic mass is 16.6. The highest BCUT2D eigenvalue weighted by Crippen LogP contribution is 2.34. The van der Waals surface area contributed by atoms with E-state index < -0.39 is 10.8 Å². The van der Waals surface area contributed by atoms with Gasteiger partial charge in [-0.15, -0.1) is 0 Å². The molecule has 0 aliphatic carbocycles. The third-order valence-corrected chi connectivity index (χ3v) is 3.06. The van der Waals surface area contributed by atoms with Gasteiger partial charge in [-0.1, -0.05) is 0 Å². The van der Waals surface area contributed by atoms with Crippen LogP contribution in [0.5, 0.6) is 11.5 Å². The molecule has 0 bridgehead atoms. The van der Waals surface area contributed by atoms with E-state index in [-0.39, 0.29) is 28.8 Å². The van der Waals surface area contributed by atoms with Crippen LogP contribution >= 0.6 is 0 Å². The maximum atomic E-state index is 12.1. The van der Waals surface area contributed by atoms with Gasteiger partial charge in [0, 0.05) is 19.2 Å². The van der Waals surface area contributed by atoms with Gasteiger partial charge >= 0.3 is 0 Å². The molecule has 8 nitrogen and oxygen atoms in total. The van der Waals surface area contributed by atoms with E-state index >= 15 is 0 Å². The Kier molecular flexibility index (Phi) is 4.04. The number of nitro groups is 1. The van der Waals surface area contributed by atoms with Gasteiger partial charge in [0.25, 0.3) is 11.6 Å². The molecule has 1 amide bonds. The topological polar surface area (TPSA) is 103 Å². The van der Waals surface area contributed by atoms with Crippen LogP contribution in [0.3, 0.4) is 0 Å². The first-order chi connectivity index (χ1) is 9.56. The molecule has 1 aliphatic heterocycles. The van der Waals surface area contributed by atoms with E-state index in [4.69, 9.17) is 9.47 Å². The maximum absolute atomic E-state index is 12.1. The quantitative estimate of drug-likeness (QED) is 0.595. The van der Waals surface area contributed by atoms with Gasteiger partial charge < -0.3 is 20.1 Å². The average Bonchev–Trinajstić information content (AvgIpc) is 2.40. The smallest absolute Gasteiger partial charge is 0.286 e. The second kappa shape index (κ2) is 5.74. The normalized spacial score (nSPS) is 14.3. The van der Waals surface area contributed by atoms with Crippen molar-refractivity contribution in [3.05, 3.63) is 27.8 Å². The number of nitrogens with one attached hydrogen (secondary N) is 2. The van der Waals surface area contributed by atoms with Crippen molar-refractivity contribution in [3.63, 3.8) is 0 Å². The highest BCUT2D eigenvalue weighted by molar-refractivity contribution is 5.99. The van der Waals surface area contributed by atoms with E-state index in [1.54, 1.807) is 0 Å². The van der Waals surface area contributed by atoms with Gasteiger partial charge in [0.1, 0.15) is 5.56 Å². The molecule has 108 valence electrons. The molecule has 0 saturated carbocycles. The number of ether oxygens (including phenoxy) is 2. The van der Waals surface area contributed by atoms with Crippen LogP contribution in [0.2, 0.25) is 0 Å². The first-order valence-electron chi connectivity index (χ1n) is 5.98. The fourth-order valence-corrected chi connectivity index (χ4v) is 1.86. The van der Waals surface area contributed by atoms with Crippen molar-refractivity contribution in [2.45, 2.75) is 6.04 Å². The Balaban J connectivity index is 2.37. The van der Waals surface area contributed by atoms with Crippen LogP contribution in [-0.4, -0.2) is 44.2 Å². The van der Waals surface area contributed by atoms with Crippen molar-refractivity contribution in [3.8, 4) is 11.5 Å². The first-order valence-corrected chi connectivity index (χ1v) is 5.98.